The number of ether oxygens (including phenoxy) is 1. The topological polar surface area (TPSA) is 106 Å². The Kier molecular flexibility index (Phi) is 8.68. The molecule has 2 rings (SSSR count). The van der Waals surface area contributed by atoms with E-state index in [1.807, 2.05) is 13.8 Å². The van der Waals surface area contributed by atoms with Crippen LogP contribution in [0.3, 0.4) is 0 Å². The Balaban J connectivity index is 2.09. The van der Waals surface area contributed by atoms with Gasteiger partial charge in [0, 0.05) is 18.7 Å². The van der Waals surface area contributed by atoms with Gasteiger partial charge in [-0.05, 0) is 56.5 Å². The van der Waals surface area contributed by atoms with Crippen molar-refractivity contribution in [3.05, 3.63) is 59.2 Å². The Hall–Kier alpha value is -2.58. The number of rotatable bonds is 9. The van der Waals surface area contributed by atoms with Crippen LogP contribution in [-0.4, -0.2) is 27.0 Å². The molecule has 0 bridgehead atoms. The molecule has 164 valence electrons. The molecule has 8 heteroatoms. The Labute approximate surface area is 179 Å². The highest BCUT2D eigenvalue weighted by atomic mass is 32.2. The normalized spacial score (nSPS) is 13.0. The van der Waals surface area contributed by atoms with E-state index >= 15 is 0 Å². The molecule has 0 spiro atoms. The van der Waals surface area contributed by atoms with Gasteiger partial charge in [0.1, 0.15) is 5.75 Å². The summed E-state index contributed by atoms with van der Waals surface area (Å²) < 4.78 is 28.8. The van der Waals surface area contributed by atoms with Gasteiger partial charge in [-0.15, -0.1) is 0 Å². The van der Waals surface area contributed by atoms with Gasteiger partial charge >= 0.3 is 0 Å². The smallest absolute Gasteiger partial charge is 0.238 e. The lowest BCUT2D eigenvalue weighted by Gasteiger charge is -2.18. The number of hydrogen-bond donors (Lipinski definition) is 3. The lowest BCUT2D eigenvalue weighted by molar-refractivity contribution is 0.215. The molecule has 2 aromatic rings. The van der Waals surface area contributed by atoms with Crippen LogP contribution in [-0.2, 0) is 23.1 Å². The molecular weight excluding hydrogens is 400 g/mol. The van der Waals surface area contributed by atoms with Gasteiger partial charge in [0.15, 0.2) is 5.96 Å². The first-order chi connectivity index (χ1) is 14.2. The summed E-state index contributed by atoms with van der Waals surface area (Å²) >= 11 is 0. The Morgan fingerprint density at radius 2 is 1.83 bits per heavy atom. The van der Waals surface area contributed by atoms with Crippen molar-refractivity contribution >= 4 is 16.0 Å². The van der Waals surface area contributed by atoms with E-state index in [1.165, 1.54) is 12.1 Å². The Morgan fingerprint density at radius 1 is 1.13 bits per heavy atom. The average Bonchev–Trinajstić information content (AvgIpc) is 2.70. The fourth-order valence-corrected chi connectivity index (χ4v) is 3.21. The van der Waals surface area contributed by atoms with Gasteiger partial charge in [0.25, 0.3) is 0 Å². The number of nitrogens with two attached hydrogens (primary N) is 1. The van der Waals surface area contributed by atoms with E-state index in [0.717, 1.165) is 35.4 Å². The Morgan fingerprint density at radius 3 is 2.43 bits per heavy atom. The summed E-state index contributed by atoms with van der Waals surface area (Å²) in [7, 11) is -3.69. The zero-order chi connectivity index (χ0) is 22.1. The highest BCUT2D eigenvalue weighted by Crippen LogP contribution is 2.22. The lowest BCUT2D eigenvalue weighted by Crippen LogP contribution is -2.37. The van der Waals surface area contributed by atoms with Crippen LogP contribution in [0, 0.1) is 6.92 Å². The quantitative estimate of drug-likeness (QED) is 0.417. The summed E-state index contributed by atoms with van der Waals surface area (Å²) in [6, 6.07) is 12.6. The molecule has 0 radical (unpaired) electrons. The van der Waals surface area contributed by atoms with Gasteiger partial charge in [-0.25, -0.2) is 18.5 Å². The van der Waals surface area contributed by atoms with Gasteiger partial charge < -0.3 is 15.4 Å². The summed E-state index contributed by atoms with van der Waals surface area (Å²) in [5, 5.41) is 11.7. The minimum absolute atomic E-state index is 0.0912. The number of nitrogens with zero attached hydrogens (tertiary/aromatic N) is 1. The highest BCUT2D eigenvalue weighted by molar-refractivity contribution is 7.89. The van der Waals surface area contributed by atoms with Crippen LogP contribution in [0.5, 0.6) is 5.75 Å². The van der Waals surface area contributed by atoms with Crippen molar-refractivity contribution in [2.24, 2.45) is 10.1 Å². The van der Waals surface area contributed by atoms with Crippen LogP contribution >= 0.6 is 0 Å². The monoisotopic (exact) mass is 432 g/mol. The zero-order valence-corrected chi connectivity index (χ0v) is 18.9. The maximum absolute atomic E-state index is 11.4. The number of nitrogens with one attached hydrogen (secondary N) is 2. The maximum atomic E-state index is 11.4. The van der Waals surface area contributed by atoms with Crippen LogP contribution in [0.2, 0.25) is 0 Å². The lowest BCUT2D eigenvalue weighted by atomic mass is 10.1. The van der Waals surface area contributed by atoms with Gasteiger partial charge in [-0.1, -0.05) is 31.2 Å². The largest absolute Gasteiger partial charge is 0.490 e. The van der Waals surface area contributed by atoms with E-state index in [0.29, 0.717) is 19.0 Å². The number of primary sulfonamides is 1. The molecule has 4 N–H and O–H groups in total. The minimum atomic E-state index is -3.69. The van der Waals surface area contributed by atoms with Gasteiger partial charge in [0.2, 0.25) is 10.0 Å². The molecule has 0 aromatic heterocycles. The van der Waals surface area contributed by atoms with Crippen molar-refractivity contribution < 1.29 is 13.2 Å². The van der Waals surface area contributed by atoms with Crippen LogP contribution in [0.1, 0.15) is 43.9 Å². The number of sulfonamides is 1. The minimum Gasteiger partial charge on any atom is -0.490 e. The summed E-state index contributed by atoms with van der Waals surface area (Å²) in [6.45, 7) is 9.91. The first-order valence-electron chi connectivity index (χ1n) is 10.1. The number of hydrogen-bond acceptors (Lipinski definition) is 4. The van der Waals surface area contributed by atoms with Crippen molar-refractivity contribution in [3.8, 4) is 5.75 Å². The predicted octanol–water partition coefficient (Wildman–Crippen LogP) is 3.08. The molecule has 0 saturated carbocycles. The SMILES string of the molecule is CCNC(=NCc1ccc(S(N)(=O)=O)cc1)NCc1ccc(C)cc1OC(C)CC. The second-order valence-electron chi connectivity index (χ2n) is 7.19. The van der Waals surface area contributed by atoms with Crippen LogP contribution in [0.15, 0.2) is 52.4 Å². The summed E-state index contributed by atoms with van der Waals surface area (Å²) in [5.74, 6) is 1.55. The molecule has 0 amide bonds. The van der Waals surface area contributed by atoms with Crippen molar-refractivity contribution in [2.45, 2.75) is 58.2 Å². The van der Waals surface area contributed by atoms with Crippen LogP contribution in [0.25, 0.3) is 0 Å². The predicted molar refractivity (Wildman–Crippen MR) is 121 cm³/mol. The van der Waals surface area contributed by atoms with Crippen LogP contribution < -0.4 is 20.5 Å². The van der Waals surface area contributed by atoms with E-state index in [2.05, 4.69) is 47.7 Å². The standard InChI is InChI=1S/C22H32N4O3S/c1-5-17(4)29-21-13-16(3)7-10-19(21)15-26-22(24-6-2)25-14-18-8-11-20(12-9-18)30(23,27)28/h7-13,17H,5-6,14-15H2,1-4H3,(H2,23,27,28)(H2,24,25,26). The molecule has 0 fully saturated rings. The zero-order valence-electron chi connectivity index (χ0n) is 18.1. The van der Waals surface area contributed by atoms with Crippen LogP contribution in [0.4, 0.5) is 0 Å². The Bertz CT molecular complexity index is 957. The van der Waals surface area contributed by atoms with E-state index < -0.39 is 10.0 Å². The first kappa shape index (κ1) is 23.7. The molecule has 30 heavy (non-hydrogen) atoms. The van der Waals surface area contributed by atoms with E-state index in [1.54, 1.807) is 12.1 Å². The van der Waals surface area contributed by atoms with E-state index in [4.69, 9.17) is 9.88 Å². The molecule has 7 nitrogen and oxygen atoms in total. The van der Waals surface area contributed by atoms with Gasteiger partial charge in [0.05, 0.1) is 17.5 Å². The molecular formula is C22H32N4O3S. The number of aliphatic imine (C=N–C) groups is 1. The molecule has 1 atom stereocenters. The van der Waals surface area contributed by atoms with Gasteiger partial charge in [-0.3, -0.25) is 0 Å². The molecule has 0 aliphatic carbocycles. The summed E-state index contributed by atoms with van der Waals surface area (Å²) in [6.07, 6.45) is 1.09. The summed E-state index contributed by atoms with van der Waals surface area (Å²) in [4.78, 5) is 4.68. The fraction of sp³-hybridized carbons (Fsp3) is 0.409. The first-order valence-corrected chi connectivity index (χ1v) is 11.7. The third-order valence-corrected chi connectivity index (χ3v) is 5.52. The average molecular weight is 433 g/mol. The molecule has 0 aliphatic rings. The number of guanidine groups is 1. The van der Waals surface area contributed by atoms with Crippen molar-refractivity contribution in [1.29, 1.82) is 0 Å². The van der Waals surface area contributed by atoms with E-state index in [9.17, 15) is 8.42 Å². The third kappa shape index (κ3) is 7.35. The van der Waals surface area contributed by atoms with Crippen molar-refractivity contribution in [1.82, 2.24) is 10.6 Å². The molecule has 1 unspecified atom stereocenters. The van der Waals surface area contributed by atoms with Gasteiger partial charge in [-0.2, -0.15) is 0 Å². The number of aryl methyl sites for hydroxylation is 1. The highest BCUT2D eigenvalue weighted by Gasteiger charge is 2.09. The molecule has 0 saturated heterocycles. The summed E-state index contributed by atoms with van der Waals surface area (Å²) in [5.41, 5.74) is 3.10. The van der Waals surface area contributed by atoms with E-state index in [-0.39, 0.29) is 11.0 Å². The number of benzene rings is 2. The molecule has 0 aliphatic heterocycles. The van der Waals surface area contributed by atoms with Crippen molar-refractivity contribution in [3.63, 3.8) is 0 Å². The maximum Gasteiger partial charge on any atom is 0.238 e. The molecule has 0 heterocycles. The third-order valence-electron chi connectivity index (χ3n) is 4.59. The second kappa shape index (κ2) is 11.0. The molecule has 2 aromatic carbocycles. The fourth-order valence-electron chi connectivity index (χ4n) is 2.69. The second-order valence-corrected chi connectivity index (χ2v) is 8.75. The van der Waals surface area contributed by atoms with Crippen molar-refractivity contribution in [2.75, 3.05) is 6.54 Å².